The van der Waals surface area contributed by atoms with Crippen molar-refractivity contribution < 1.29 is 0 Å². The lowest BCUT2D eigenvalue weighted by Crippen LogP contribution is -2.22. The third-order valence-corrected chi connectivity index (χ3v) is 4.21. The van der Waals surface area contributed by atoms with E-state index in [1.54, 1.807) is 0 Å². The number of anilines is 1. The van der Waals surface area contributed by atoms with Gasteiger partial charge in [0.05, 0.1) is 0 Å². The van der Waals surface area contributed by atoms with E-state index in [1.807, 2.05) is 0 Å². The molecule has 0 radical (unpaired) electrons. The van der Waals surface area contributed by atoms with E-state index in [0.717, 1.165) is 13.1 Å². The average molecular weight is 267 g/mol. The van der Waals surface area contributed by atoms with Crippen molar-refractivity contribution in [2.75, 3.05) is 18.0 Å². The molecule has 0 atom stereocenters. The molecule has 0 N–H and O–H groups in total. The molecular formula is C19H25N. The van der Waals surface area contributed by atoms with Crippen LogP contribution in [-0.4, -0.2) is 13.1 Å². The van der Waals surface area contributed by atoms with Crippen LogP contribution in [0, 0.1) is 0 Å². The standard InChI is InChI=1S/C19H25N/c1-5-20(6-2)18-14-12-17(13-15-18)19(3,4)16-10-8-7-9-11-16/h7-15H,5-6H2,1-4H3. The largest absolute Gasteiger partial charge is 0.372 e. The molecular weight excluding hydrogens is 242 g/mol. The van der Waals surface area contributed by atoms with Gasteiger partial charge in [0.1, 0.15) is 0 Å². The van der Waals surface area contributed by atoms with E-state index in [1.165, 1.54) is 16.8 Å². The molecule has 0 aliphatic heterocycles. The maximum absolute atomic E-state index is 2.37. The number of benzene rings is 2. The number of nitrogens with zero attached hydrogens (tertiary/aromatic N) is 1. The summed E-state index contributed by atoms with van der Waals surface area (Å²) in [5.74, 6) is 0. The Hall–Kier alpha value is -1.76. The van der Waals surface area contributed by atoms with Crippen LogP contribution >= 0.6 is 0 Å². The van der Waals surface area contributed by atoms with Crippen molar-refractivity contribution in [1.82, 2.24) is 0 Å². The Balaban J connectivity index is 2.30. The molecule has 0 aromatic heterocycles. The summed E-state index contributed by atoms with van der Waals surface area (Å²) in [4.78, 5) is 2.37. The van der Waals surface area contributed by atoms with Crippen LogP contribution in [0.1, 0.15) is 38.8 Å². The van der Waals surface area contributed by atoms with E-state index in [9.17, 15) is 0 Å². The van der Waals surface area contributed by atoms with Crippen molar-refractivity contribution in [2.24, 2.45) is 0 Å². The van der Waals surface area contributed by atoms with Crippen molar-refractivity contribution in [2.45, 2.75) is 33.1 Å². The van der Waals surface area contributed by atoms with Gasteiger partial charge >= 0.3 is 0 Å². The molecule has 1 heteroatoms. The fourth-order valence-electron chi connectivity index (χ4n) is 2.70. The minimum Gasteiger partial charge on any atom is -0.372 e. The summed E-state index contributed by atoms with van der Waals surface area (Å²) in [5.41, 5.74) is 4.07. The molecule has 2 aromatic carbocycles. The van der Waals surface area contributed by atoms with Gasteiger partial charge in [0.25, 0.3) is 0 Å². The van der Waals surface area contributed by atoms with Gasteiger partial charge in [-0.25, -0.2) is 0 Å². The van der Waals surface area contributed by atoms with Crippen molar-refractivity contribution in [1.29, 1.82) is 0 Å². The van der Waals surface area contributed by atoms with Crippen LogP contribution in [0.15, 0.2) is 54.6 Å². The molecule has 0 fully saturated rings. The van der Waals surface area contributed by atoms with Crippen molar-refractivity contribution in [3.63, 3.8) is 0 Å². The third kappa shape index (κ3) is 2.87. The normalized spacial score (nSPS) is 11.4. The highest BCUT2D eigenvalue weighted by Gasteiger charge is 2.22. The molecule has 1 nitrogen and oxygen atoms in total. The Kier molecular flexibility index (Phi) is 4.49. The molecule has 0 saturated heterocycles. The summed E-state index contributed by atoms with van der Waals surface area (Å²) >= 11 is 0. The SMILES string of the molecule is CCN(CC)c1ccc(C(C)(C)c2ccccc2)cc1. The van der Waals surface area contributed by atoms with Crippen LogP contribution in [0.5, 0.6) is 0 Å². The van der Waals surface area contributed by atoms with Gasteiger partial charge in [0.2, 0.25) is 0 Å². The Morgan fingerprint density at radius 3 is 1.75 bits per heavy atom. The third-order valence-electron chi connectivity index (χ3n) is 4.21. The lowest BCUT2D eigenvalue weighted by Gasteiger charge is -2.27. The molecule has 20 heavy (non-hydrogen) atoms. The highest BCUT2D eigenvalue weighted by Crippen LogP contribution is 2.32. The summed E-state index contributed by atoms with van der Waals surface area (Å²) in [6.07, 6.45) is 0. The fraction of sp³-hybridized carbons (Fsp3) is 0.368. The van der Waals surface area contributed by atoms with Gasteiger partial charge in [-0.1, -0.05) is 56.3 Å². The Morgan fingerprint density at radius 1 is 0.750 bits per heavy atom. The molecule has 0 amide bonds. The molecule has 0 saturated carbocycles. The van der Waals surface area contributed by atoms with Gasteiger partial charge in [-0.15, -0.1) is 0 Å². The molecule has 106 valence electrons. The van der Waals surface area contributed by atoms with E-state index in [-0.39, 0.29) is 5.41 Å². The van der Waals surface area contributed by atoms with E-state index in [2.05, 4.69) is 87.2 Å². The van der Waals surface area contributed by atoms with Crippen LogP contribution in [0.2, 0.25) is 0 Å². The second kappa shape index (κ2) is 6.13. The molecule has 0 spiro atoms. The predicted molar refractivity (Wildman–Crippen MR) is 88.6 cm³/mol. The average Bonchev–Trinajstić information content (AvgIpc) is 2.50. The van der Waals surface area contributed by atoms with E-state index < -0.39 is 0 Å². The second-order valence-corrected chi connectivity index (χ2v) is 5.71. The van der Waals surface area contributed by atoms with Crippen molar-refractivity contribution >= 4 is 5.69 Å². The highest BCUT2D eigenvalue weighted by molar-refractivity contribution is 5.50. The minimum absolute atomic E-state index is 0.0447. The topological polar surface area (TPSA) is 3.24 Å². The quantitative estimate of drug-likeness (QED) is 0.748. The summed E-state index contributed by atoms with van der Waals surface area (Å²) in [7, 11) is 0. The van der Waals surface area contributed by atoms with Gasteiger partial charge in [-0.2, -0.15) is 0 Å². The molecule has 0 unspecified atom stereocenters. The summed E-state index contributed by atoms with van der Waals surface area (Å²) in [6.45, 7) is 11.1. The van der Waals surface area contributed by atoms with Crippen LogP contribution in [0.4, 0.5) is 5.69 Å². The zero-order chi connectivity index (χ0) is 14.6. The maximum Gasteiger partial charge on any atom is 0.0366 e. The van der Waals surface area contributed by atoms with Crippen LogP contribution in [-0.2, 0) is 5.41 Å². The monoisotopic (exact) mass is 267 g/mol. The molecule has 0 heterocycles. The Morgan fingerprint density at radius 2 is 1.25 bits per heavy atom. The van der Waals surface area contributed by atoms with E-state index in [0.29, 0.717) is 0 Å². The first kappa shape index (κ1) is 14.6. The maximum atomic E-state index is 2.37. The number of rotatable bonds is 5. The molecule has 2 aromatic rings. The molecule has 0 aliphatic rings. The van der Waals surface area contributed by atoms with Crippen molar-refractivity contribution in [3.05, 3.63) is 65.7 Å². The lowest BCUT2D eigenvalue weighted by molar-refractivity contribution is 0.640. The van der Waals surface area contributed by atoms with E-state index in [4.69, 9.17) is 0 Å². The predicted octanol–water partition coefficient (Wildman–Crippen LogP) is 4.86. The zero-order valence-corrected chi connectivity index (χ0v) is 13.1. The number of hydrogen-bond donors (Lipinski definition) is 0. The first-order valence-electron chi connectivity index (χ1n) is 7.50. The summed E-state index contributed by atoms with van der Waals surface area (Å²) in [5, 5.41) is 0. The summed E-state index contributed by atoms with van der Waals surface area (Å²) in [6, 6.07) is 19.7. The first-order valence-corrected chi connectivity index (χ1v) is 7.50. The van der Waals surface area contributed by atoms with Gasteiger partial charge in [0, 0.05) is 24.2 Å². The number of hydrogen-bond acceptors (Lipinski definition) is 1. The first-order chi connectivity index (χ1) is 9.59. The second-order valence-electron chi connectivity index (χ2n) is 5.71. The summed E-state index contributed by atoms with van der Waals surface area (Å²) < 4.78 is 0. The van der Waals surface area contributed by atoms with Crippen LogP contribution in [0.25, 0.3) is 0 Å². The zero-order valence-electron chi connectivity index (χ0n) is 13.1. The lowest BCUT2D eigenvalue weighted by atomic mass is 9.78. The van der Waals surface area contributed by atoms with Crippen molar-refractivity contribution in [3.8, 4) is 0 Å². The molecule has 2 rings (SSSR count). The smallest absolute Gasteiger partial charge is 0.0366 e. The molecule has 0 aliphatic carbocycles. The van der Waals surface area contributed by atoms with Crippen LogP contribution < -0.4 is 4.90 Å². The molecule has 0 bridgehead atoms. The Bertz CT molecular complexity index is 521. The highest BCUT2D eigenvalue weighted by atomic mass is 15.1. The Labute approximate surface area is 123 Å². The van der Waals surface area contributed by atoms with Crippen LogP contribution in [0.3, 0.4) is 0 Å². The fourth-order valence-corrected chi connectivity index (χ4v) is 2.70. The van der Waals surface area contributed by atoms with Gasteiger partial charge in [0.15, 0.2) is 0 Å². The van der Waals surface area contributed by atoms with Gasteiger partial charge < -0.3 is 4.90 Å². The van der Waals surface area contributed by atoms with Gasteiger partial charge in [-0.3, -0.25) is 0 Å². The minimum atomic E-state index is 0.0447. The van der Waals surface area contributed by atoms with E-state index >= 15 is 0 Å². The van der Waals surface area contributed by atoms with Gasteiger partial charge in [-0.05, 0) is 37.1 Å².